The molecule has 0 radical (unpaired) electrons. The molecule has 1 saturated heterocycles. The molecule has 1 fully saturated rings. The summed E-state index contributed by atoms with van der Waals surface area (Å²) in [7, 11) is 0. The van der Waals surface area contributed by atoms with E-state index in [0.29, 0.717) is 12.8 Å². The van der Waals surface area contributed by atoms with E-state index in [0.717, 1.165) is 141 Å². The van der Waals surface area contributed by atoms with Crippen LogP contribution in [0.15, 0.2) is 122 Å². The summed E-state index contributed by atoms with van der Waals surface area (Å²) in [5.74, 6) is -1.21. The fourth-order valence-corrected chi connectivity index (χ4v) is 11.0. The van der Waals surface area contributed by atoms with Crippen LogP contribution in [0.1, 0.15) is 310 Å². The van der Waals surface area contributed by atoms with Crippen molar-refractivity contribution in [2.45, 2.75) is 359 Å². The molecule has 0 aromatic carbocycles. The van der Waals surface area contributed by atoms with Crippen molar-refractivity contribution in [3.05, 3.63) is 122 Å². The van der Waals surface area contributed by atoms with E-state index in [9.17, 15) is 35.1 Å². The van der Waals surface area contributed by atoms with Gasteiger partial charge >= 0.3 is 5.97 Å². The molecule has 91 heavy (non-hydrogen) atoms. The number of allylic oxidation sites excluding steroid dienone is 19. The lowest BCUT2D eigenvalue weighted by atomic mass is 9.99. The van der Waals surface area contributed by atoms with Crippen LogP contribution in [0.25, 0.3) is 0 Å². The number of amides is 1. The van der Waals surface area contributed by atoms with Gasteiger partial charge in [-0.15, -0.1) is 0 Å². The molecule has 0 aromatic rings. The predicted octanol–water partition coefficient (Wildman–Crippen LogP) is 19.7. The number of carbonyl (C=O) groups excluding carboxylic acids is 2. The summed E-state index contributed by atoms with van der Waals surface area (Å²) in [6, 6.07) is -1.04. The summed E-state index contributed by atoms with van der Waals surface area (Å²) < 4.78 is 17.7. The maximum atomic E-state index is 13.5. The summed E-state index contributed by atoms with van der Waals surface area (Å²) in [4.78, 5) is 26.7. The lowest BCUT2D eigenvalue weighted by molar-refractivity contribution is -0.305. The lowest BCUT2D eigenvalue weighted by Crippen LogP contribution is -2.61. The number of ether oxygens (including phenoxy) is 3. The summed E-state index contributed by atoms with van der Waals surface area (Å²) in [6.07, 6.45) is 82.3. The van der Waals surface area contributed by atoms with Crippen LogP contribution in [-0.4, -0.2) is 99.6 Å². The van der Waals surface area contributed by atoms with Crippen molar-refractivity contribution in [2.24, 2.45) is 0 Å². The first-order chi connectivity index (χ1) is 44.7. The van der Waals surface area contributed by atoms with Gasteiger partial charge in [-0.2, -0.15) is 0 Å². The maximum Gasteiger partial charge on any atom is 0.306 e. The molecule has 0 saturated carbocycles. The molecule has 1 heterocycles. The molecule has 1 rings (SSSR count). The van der Waals surface area contributed by atoms with Gasteiger partial charge in [0.15, 0.2) is 12.4 Å². The van der Waals surface area contributed by atoms with Crippen LogP contribution in [0.5, 0.6) is 0 Å². The Hall–Kier alpha value is -3.94. The summed E-state index contributed by atoms with van der Waals surface area (Å²) >= 11 is 0. The quantitative estimate of drug-likeness (QED) is 0.0195. The molecule has 522 valence electrons. The minimum Gasteiger partial charge on any atom is -0.454 e. The molecule has 11 heteroatoms. The van der Waals surface area contributed by atoms with Crippen molar-refractivity contribution in [3.8, 4) is 0 Å². The van der Waals surface area contributed by atoms with Crippen molar-refractivity contribution in [1.29, 1.82) is 0 Å². The van der Waals surface area contributed by atoms with Gasteiger partial charge in [0, 0.05) is 6.42 Å². The van der Waals surface area contributed by atoms with E-state index in [-0.39, 0.29) is 19.4 Å². The number of esters is 1. The van der Waals surface area contributed by atoms with Crippen molar-refractivity contribution in [1.82, 2.24) is 5.32 Å². The number of carbonyl (C=O) groups is 2. The first-order valence-corrected chi connectivity index (χ1v) is 37.3. The number of hydrogen-bond acceptors (Lipinski definition) is 10. The monoisotopic (exact) mass is 1270 g/mol. The van der Waals surface area contributed by atoms with E-state index in [4.69, 9.17) is 14.2 Å². The van der Waals surface area contributed by atoms with E-state index >= 15 is 0 Å². The van der Waals surface area contributed by atoms with E-state index in [1.54, 1.807) is 6.08 Å². The van der Waals surface area contributed by atoms with Crippen LogP contribution in [0.3, 0.4) is 0 Å². The third kappa shape index (κ3) is 53.1. The van der Waals surface area contributed by atoms with Crippen LogP contribution in [0.4, 0.5) is 0 Å². The van der Waals surface area contributed by atoms with Gasteiger partial charge in [0.25, 0.3) is 0 Å². The second-order valence-electron chi connectivity index (χ2n) is 25.3. The van der Waals surface area contributed by atoms with Gasteiger partial charge in [0.2, 0.25) is 5.91 Å². The number of hydrogen-bond donors (Lipinski definition) is 6. The van der Waals surface area contributed by atoms with E-state index < -0.39 is 67.4 Å². The fourth-order valence-electron chi connectivity index (χ4n) is 11.0. The molecule has 0 bridgehead atoms. The Balaban J connectivity index is 2.58. The van der Waals surface area contributed by atoms with Crippen LogP contribution >= 0.6 is 0 Å². The van der Waals surface area contributed by atoms with Crippen LogP contribution in [-0.2, 0) is 23.8 Å². The third-order valence-electron chi connectivity index (χ3n) is 16.8. The summed E-state index contributed by atoms with van der Waals surface area (Å²) in [5, 5.41) is 57.4. The highest BCUT2D eigenvalue weighted by Crippen LogP contribution is 2.26. The van der Waals surface area contributed by atoms with Crippen LogP contribution < -0.4 is 5.32 Å². The van der Waals surface area contributed by atoms with Crippen molar-refractivity contribution >= 4 is 11.9 Å². The zero-order valence-corrected chi connectivity index (χ0v) is 58.2. The molecule has 0 aliphatic carbocycles. The number of rotatable bonds is 63. The zero-order chi connectivity index (χ0) is 66.0. The fraction of sp³-hybridized carbons (Fsp3) is 0.725. The Morgan fingerprint density at radius 2 is 0.791 bits per heavy atom. The number of aliphatic hydroxyl groups is 5. The van der Waals surface area contributed by atoms with Gasteiger partial charge in [0.05, 0.1) is 25.4 Å². The largest absolute Gasteiger partial charge is 0.454 e. The Bertz CT molecular complexity index is 1950. The van der Waals surface area contributed by atoms with Gasteiger partial charge in [-0.25, -0.2) is 0 Å². The molecule has 0 aromatic heterocycles. The second-order valence-corrected chi connectivity index (χ2v) is 25.3. The maximum absolute atomic E-state index is 13.5. The Morgan fingerprint density at radius 1 is 0.440 bits per heavy atom. The normalized spacial score (nSPS) is 18.7. The van der Waals surface area contributed by atoms with Gasteiger partial charge in [-0.3, -0.25) is 9.59 Å². The minimum atomic E-state index is -1.63. The molecule has 1 aliphatic rings. The predicted molar refractivity (Wildman–Crippen MR) is 384 cm³/mol. The summed E-state index contributed by atoms with van der Waals surface area (Å²) in [6.45, 7) is 5.67. The van der Waals surface area contributed by atoms with Crippen molar-refractivity contribution in [2.75, 3.05) is 13.2 Å². The first kappa shape index (κ1) is 85.1. The Labute approximate surface area is 557 Å². The highest BCUT2D eigenvalue weighted by atomic mass is 16.7. The second kappa shape index (κ2) is 66.1. The Kier molecular flexibility index (Phi) is 61.8. The molecular formula is C80H137NO10. The summed E-state index contributed by atoms with van der Waals surface area (Å²) in [5.41, 5.74) is 0. The zero-order valence-electron chi connectivity index (χ0n) is 58.2. The van der Waals surface area contributed by atoms with Crippen LogP contribution in [0, 0.1) is 0 Å². The molecule has 1 amide bonds. The van der Waals surface area contributed by atoms with Gasteiger partial charge in [-0.1, -0.05) is 309 Å². The van der Waals surface area contributed by atoms with Crippen molar-refractivity contribution < 1.29 is 49.3 Å². The van der Waals surface area contributed by atoms with Gasteiger partial charge < -0.3 is 45.1 Å². The molecule has 8 atom stereocenters. The first-order valence-electron chi connectivity index (χ1n) is 37.3. The Morgan fingerprint density at radius 3 is 1.21 bits per heavy atom. The van der Waals surface area contributed by atoms with E-state index in [2.05, 4.69) is 135 Å². The van der Waals surface area contributed by atoms with E-state index in [1.165, 1.54) is 122 Å². The van der Waals surface area contributed by atoms with Gasteiger partial charge in [0.1, 0.15) is 24.4 Å². The average Bonchev–Trinajstić information content (AvgIpc) is 1.01. The van der Waals surface area contributed by atoms with Gasteiger partial charge in [-0.05, 0) is 116 Å². The average molecular weight is 1270 g/mol. The third-order valence-corrected chi connectivity index (χ3v) is 16.8. The minimum absolute atomic E-state index is 0.105. The molecule has 11 nitrogen and oxygen atoms in total. The highest BCUT2D eigenvalue weighted by molar-refractivity contribution is 5.80. The molecule has 1 aliphatic heterocycles. The van der Waals surface area contributed by atoms with Crippen molar-refractivity contribution in [3.63, 3.8) is 0 Å². The topological polar surface area (TPSA) is 175 Å². The number of unbranched alkanes of at least 4 members (excludes halogenated alkanes) is 31. The van der Waals surface area contributed by atoms with E-state index in [1.807, 2.05) is 6.08 Å². The molecule has 8 unspecified atom stereocenters. The molecule has 6 N–H and O–H groups in total. The van der Waals surface area contributed by atoms with Crippen LogP contribution in [0.2, 0.25) is 0 Å². The SMILES string of the molecule is CC/C=C\C/C=C\C/C=C\C/C=C\C/C=C\CCCCCCCCCC(=O)OC1C(OCC(NC(=O)C(O)CCCCCCCCCCCC/C=C\C/C=C\C/C=C\C/C=C\CCCCC)C(O)/C=C/CCCCCCCCCCCCC)OC(CO)C(O)C1O. The standard InChI is InChI=1S/C80H137NO10/c1-4-7-10-13-16-19-22-25-27-29-31-33-35-36-37-39-40-42-44-46-49-52-55-58-61-64-67-73(84)79(88)81-71(72(83)66-63-60-57-54-51-48-24-21-18-15-12-9-6-3)70-89-80-78(77(87)76(86)74(69-82)90-80)91-75(85)68-65-62-59-56-53-50-47-45-43-41-38-34-32-30-28-26-23-20-17-14-11-8-5-2/h8,11,16-17,19-20,25-28,31-34,36-37,41,43,63,66,71-74,76-78,80,82-84,86-87H,4-7,9-10,12-15,18,21-24,29-30,35,38-40,42,44-62,64-65,67-70H2,1-3H3,(H,81,88)/b11-8-,19-16-,20-17-,27-25-,28-26-,33-31-,34-32-,37-36-,43-41-,66-63+. The molecule has 0 spiro atoms. The molecular weight excluding hydrogens is 1130 g/mol. The highest BCUT2D eigenvalue weighted by Gasteiger charge is 2.47. The smallest absolute Gasteiger partial charge is 0.306 e. The lowest BCUT2D eigenvalue weighted by Gasteiger charge is -2.41. The number of nitrogens with one attached hydrogen (secondary N) is 1. The number of aliphatic hydroxyl groups excluding tert-OH is 5.